The first-order valence-corrected chi connectivity index (χ1v) is 10.2. The topological polar surface area (TPSA) is 107 Å². The average Bonchev–Trinajstić information content (AvgIpc) is 3.07. The Bertz CT molecular complexity index is 1070. The van der Waals surface area contributed by atoms with Crippen molar-refractivity contribution in [2.75, 3.05) is 19.0 Å². The maximum absolute atomic E-state index is 14.4. The maximum Gasteiger partial charge on any atom is 0.417 e. The number of aliphatic hydroxyl groups excluding tert-OH is 1. The Kier molecular flexibility index (Phi) is 7.15. The summed E-state index contributed by atoms with van der Waals surface area (Å²) in [6.07, 6.45) is -5.30. The molecule has 0 radical (unpaired) electrons. The first kappa shape index (κ1) is 25.8. The Morgan fingerprint density at radius 1 is 1.35 bits per heavy atom. The first-order valence-electron chi connectivity index (χ1n) is 10.2. The fourth-order valence-corrected chi connectivity index (χ4v) is 4.08. The van der Waals surface area contributed by atoms with E-state index < -0.39 is 65.7 Å². The molecular weight excluding hydrogens is 465 g/mol. The number of benzene rings is 1. The summed E-state index contributed by atoms with van der Waals surface area (Å²) in [5, 5.41) is 11.7. The molecule has 1 aromatic heterocycles. The average molecular weight is 489 g/mol. The van der Waals surface area contributed by atoms with E-state index >= 15 is 0 Å². The molecule has 0 saturated carbocycles. The Morgan fingerprint density at radius 2 is 2.03 bits per heavy atom. The number of ether oxygens (including phenoxy) is 2. The van der Waals surface area contributed by atoms with Crippen molar-refractivity contribution in [3.05, 3.63) is 53.4 Å². The zero-order chi connectivity index (χ0) is 25.4. The summed E-state index contributed by atoms with van der Waals surface area (Å²) in [6.45, 7) is 1.60. The third-order valence-corrected chi connectivity index (χ3v) is 6.20. The third kappa shape index (κ3) is 4.44. The summed E-state index contributed by atoms with van der Waals surface area (Å²) < 4.78 is 80.4. The van der Waals surface area contributed by atoms with E-state index in [0.29, 0.717) is 0 Å². The van der Waals surface area contributed by atoms with E-state index in [1.807, 2.05) is 0 Å². The number of alkyl halides is 3. The number of nitrogens with two attached hydrogens (primary N) is 1. The lowest BCUT2D eigenvalue weighted by Gasteiger charge is -2.32. The van der Waals surface area contributed by atoms with Crippen molar-refractivity contribution in [2.45, 2.75) is 43.7 Å². The predicted molar refractivity (Wildman–Crippen MR) is 111 cm³/mol. The molecule has 2 heterocycles. The lowest BCUT2D eigenvalue weighted by molar-refractivity contribution is -0.272. The van der Waals surface area contributed by atoms with Gasteiger partial charge in [-0.15, -0.1) is 0 Å². The van der Waals surface area contributed by atoms with Crippen LogP contribution in [-0.2, 0) is 9.53 Å². The molecule has 7 nitrogen and oxygen atoms in total. The van der Waals surface area contributed by atoms with Gasteiger partial charge in [-0.3, -0.25) is 9.78 Å². The third-order valence-electron chi connectivity index (χ3n) is 6.20. The van der Waals surface area contributed by atoms with Crippen LogP contribution in [0.25, 0.3) is 0 Å². The molecule has 0 spiro atoms. The molecule has 4 N–H and O–H groups in total. The summed E-state index contributed by atoms with van der Waals surface area (Å²) in [4.78, 5) is 17.1. The summed E-state index contributed by atoms with van der Waals surface area (Å²) in [5.41, 5.74) is 3.20. The van der Waals surface area contributed by atoms with Crippen LogP contribution in [0.15, 0.2) is 30.5 Å². The predicted octanol–water partition coefficient (Wildman–Crippen LogP) is 3.44. The second kappa shape index (κ2) is 9.43. The first-order chi connectivity index (χ1) is 15.9. The van der Waals surface area contributed by atoms with Crippen LogP contribution in [0.3, 0.4) is 0 Å². The lowest BCUT2D eigenvalue weighted by Crippen LogP contribution is -2.47. The number of carbonyl (C=O) groups is 1. The van der Waals surface area contributed by atoms with Gasteiger partial charge in [0, 0.05) is 29.3 Å². The van der Waals surface area contributed by atoms with Crippen molar-refractivity contribution < 1.29 is 41.3 Å². The van der Waals surface area contributed by atoms with Crippen molar-refractivity contribution in [3.63, 3.8) is 0 Å². The fraction of sp³-hybridized carbons (Fsp3) is 0.455. The van der Waals surface area contributed by atoms with Gasteiger partial charge in [-0.25, -0.2) is 4.39 Å². The van der Waals surface area contributed by atoms with Gasteiger partial charge in [0.05, 0.1) is 25.5 Å². The number of amides is 1. The molecule has 1 aliphatic rings. The largest absolute Gasteiger partial charge is 0.493 e. The van der Waals surface area contributed by atoms with Crippen molar-refractivity contribution in [3.8, 4) is 5.75 Å². The van der Waals surface area contributed by atoms with Crippen LogP contribution in [0, 0.1) is 17.6 Å². The number of methoxy groups -OCH3 is 1. The van der Waals surface area contributed by atoms with Gasteiger partial charge in [0.15, 0.2) is 17.2 Å². The highest BCUT2D eigenvalue weighted by molar-refractivity contribution is 5.95. The number of hydrogen-bond acceptors (Lipinski definition) is 6. The van der Waals surface area contributed by atoms with Crippen LogP contribution >= 0.6 is 0 Å². The molecule has 1 amide bonds. The summed E-state index contributed by atoms with van der Waals surface area (Å²) in [5.74, 6) is -6.91. The number of nitrogens with zero attached hydrogens (tertiary/aromatic N) is 1. The van der Waals surface area contributed by atoms with Gasteiger partial charge in [0.1, 0.15) is 6.10 Å². The number of pyridine rings is 1. The number of aromatic nitrogens is 1. The normalized spacial score (nSPS) is 25.8. The molecule has 0 aliphatic carbocycles. The van der Waals surface area contributed by atoms with E-state index in [2.05, 4.69) is 10.3 Å². The Balaban J connectivity index is 2.05. The highest BCUT2D eigenvalue weighted by Gasteiger charge is 2.65. The molecule has 34 heavy (non-hydrogen) atoms. The number of nitrogens with one attached hydrogen (secondary N) is 1. The number of hydrogen-bond donors (Lipinski definition) is 3. The second-order valence-electron chi connectivity index (χ2n) is 8.19. The minimum absolute atomic E-state index is 0.139. The maximum atomic E-state index is 14.4. The molecule has 1 aromatic carbocycles. The fourth-order valence-electron chi connectivity index (χ4n) is 4.08. The summed E-state index contributed by atoms with van der Waals surface area (Å²) in [6, 6.07) is 3.72. The van der Waals surface area contributed by atoms with E-state index in [1.54, 1.807) is 0 Å². The minimum Gasteiger partial charge on any atom is -0.493 e. The zero-order valence-electron chi connectivity index (χ0n) is 18.5. The summed E-state index contributed by atoms with van der Waals surface area (Å²) in [7, 11) is 1.04. The van der Waals surface area contributed by atoms with Gasteiger partial charge in [0.2, 0.25) is 5.82 Å². The molecule has 0 unspecified atom stereocenters. The zero-order valence-corrected chi connectivity index (χ0v) is 18.5. The molecule has 1 aliphatic heterocycles. The van der Waals surface area contributed by atoms with E-state index in [1.165, 1.54) is 25.3 Å². The summed E-state index contributed by atoms with van der Waals surface area (Å²) >= 11 is 0. The number of halogens is 5. The highest BCUT2D eigenvalue weighted by atomic mass is 19.4. The number of aliphatic hydroxyl groups is 1. The van der Waals surface area contributed by atoms with E-state index in [9.17, 15) is 31.9 Å². The van der Waals surface area contributed by atoms with Crippen LogP contribution in [-0.4, -0.2) is 47.6 Å². The number of carbonyl (C=O) groups excluding carboxylic acids is 1. The monoisotopic (exact) mass is 489 g/mol. The number of rotatable bonds is 6. The Hall–Kier alpha value is -2.83. The van der Waals surface area contributed by atoms with Crippen LogP contribution in [0.2, 0.25) is 0 Å². The van der Waals surface area contributed by atoms with Gasteiger partial charge in [-0.05, 0) is 25.1 Å². The van der Waals surface area contributed by atoms with Crippen LogP contribution < -0.4 is 15.8 Å². The Morgan fingerprint density at radius 3 is 2.62 bits per heavy atom. The number of anilines is 1. The van der Waals surface area contributed by atoms with E-state index in [4.69, 9.17) is 15.2 Å². The van der Waals surface area contributed by atoms with Crippen LogP contribution in [0.1, 0.15) is 37.1 Å². The minimum atomic E-state index is -4.87. The van der Waals surface area contributed by atoms with E-state index in [0.717, 1.165) is 26.2 Å². The van der Waals surface area contributed by atoms with Gasteiger partial charge >= 0.3 is 6.18 Å². The quantitative estimate of drug-likeness (QED) is 0.537. The molecule has 5 atom stereocenters. The van der Waals surface area contributed by atoms with E-state index in [-0.39, 0.29) is 16.9 Å². The van der Waals surface area contributed by atoms with Gasteiger partial charge < -0.3 is 25.6 Å². The van der Waals surface area contributed by atoms with Crippen molar-refractivity contribution in [2.24, 2.45) is 11.7 Å². The molecule has 186 valence electrons. The van der Waals surface area contributed by atoms with Crippen LogP contribution in [0.4, 0.5) is 27.6 Å². The standard InChI is InChI=1S/C22H24F5N3O4/c1-10-16(12-4-5-13(23)17(24)18(12)33-3)19(34-21(10,2)22(25,26)27)20(32)30-11-6-7-29-15(8-11)14(28)9-31/h4-8,10,14,16,19,31H,9,28H2,1-3H3,(H,29,30,32)/t10-,14+,16-,19+,21+/m0/s1. The molecule has 1 saturated heterocycles. The molecule has 0 bridgehead atoms. The molecular formula is C22H24F5N3O4. The molecule has 12 heteroatoms. The van der Waals surface area contributed by atoms with Gasteiger partial charge in [-0.2, -0.15) is 17.6 Å². The molecule has 2 aromatic rings. The molecule has 3 rings (SSSR count). The second-order valence-corrected chi connectivity index (χ2v) is 8.19. The van der Waals surface area contributed by atoms with Gasteiger partial charge in [0.25, 0.3) is 5.91 Å². The van der Waals surface area contributed by atoms with Gasteiger partial charge in [-0.1, -0.05) is 13.0 Å². The van der Waals surface area contributed by atoms with Crippen molar-refractivity contribution in [1.29, 1.82) is 0 Å². The SMILES string of the molecule is COc1c([C@H]2[C@H](C(=O)Nc3ccnc([C@H](N)CO)c3)O[C@@](C)(C(F)(F)F)[C@H]2C)ccc(F)c1F. The lowest BCUT2D eigenvalue weighted by atomic mass is 9.77. The van der Waals surface area contributed by atoms with Crippen molar-refractivity contribution in [1.82, 2.24) is 4.98 Å². The Labute approximate surface area is 192 Å². The smallest absolute Gasteiger partial charge is 0.417 e. The van der Waals surface area contributed by atoms with Crippen molar-refractivity contribution >= 4 is 11.6 Å². The van der Waals surface area contributed by atoms with Crippen LogP contribution in [0.5, 0.6) is 5.75 Å². The molecule has 1 fully saturated rings. The highest BCUT2D eigenvalue weighted by Crippen LogP contribution is 2.55.